The lowest BCUT2D eigenvalue weighted by molar-refractivity contribution is 0.201. The normalized spacial score (nSPS) is 15.2. The second kappa shape index (κ2) is 10.5. The maximum Gasteiger partial charge on any atom is 0.217 e. The molecule has 0 saturated carbocycles. The zero-order valence-electron chi connectivity index (χ0n) is 18.1. The lowest BCUT2D eigenvalue weighted by Gasteiger charge is -2.32. The smallest absolute Gasteiger partial charge is 0.217 e. The Hall–Kier alpha value is -2.79. The van der Waals surface area contributed by atoms with Crippen molar-refractivity contribution in [3.63, 3.8) is 0 Å². The fourth-order valence-corrected chi connectivity index (χ4v) is 4.21. The molecule has 1 saturated heterocycles. The van der Waals surface area contributed by atoms with Gasteiger partial charge in [-0.05, 0) is 88.0 Å². The van der Waals surface area contributed by atoms with E-state index in [1.54, 1.807) is 12.1 Å². The lowest BCUT2D eigenvalue weighted by Crippen LogP contribution is -2.33. The van der Waals surface area contributed by atoms with Crippen LogP contribution in [0.5, 0.6) is 5.88 Å². The summed E-state index contributed by atoms with van der Waals surface area (Å²) in [6.07, 6.45) is 4.60. The fourth-order valence-electron chi connectivity index (χ4n) is 4.21. The van der Waals surface area contributed by atoms with E-state index in [0.717, 1.165) is 30.6 Å². The highest BCUT2D eigenvalue weighted by Crippen LogP contribution is 2.27. The zero-order chi connectivity index (χ0) is 21.5. The van der Waals surface area contributed by atoms with Crippen LogP contribution in [0.3, 0.4) is 0 Å². The zero-order valence-corrected chi connectivity index (χ0v) is 18.1. The van der Waals surface area contributed by atoms with Gasteiger partial charge in [-0.3, -0.25) is 0 Å². The van der Waals surface area contributed by atoms with Gasteiger partial charge in [-0.15, -0.1) is 0 Å². The van der Waals surface area contributed by atoms with E-state index in [1.165, 1.54) is 43.6 Å². The Kier molecular flexibility index (Phi) is 7.26. The molecule has 31 heavy (non-hydrogen) atoms. The predicted octanol–water partition coefficient (Wildman–Crippen LogP) is 5.63. The molecule has 2 heterocycles. The molecule has 0 spiro atoms. The van der Waals surface area contributed by atoms with Gasteiger partial charge in [0.1, 0.15) is 11.6 Å². The number of hydrogen-bond acceptors (Lipinski definition) is 4. The van der Waals surface area contributed by atoms with Crippen molar-refractivity contribution in [2.75, 3.05) is 26.2 Å². The van der Waals surface area contributed by atoms with Crippen molar-refractivity contribution >= 4 is 0 Å². The first-order chi connectivity index (χ1) is 15.2. The number of likely N-dealkylation sites (tertiary alicyclic amines) is 1. The molecule has 3 aromatic rings. The van der Waals surface area contributed by atoms with Gasteiger partial charge in [-0.2, -0.15) is 4.98 Å². The van der Waals surface area contributed by atoms with Crippen LogP contribution in [-0.2, 0) is 0 Å². The Labute approximate surface area is 184 Å². The summed E-state index contributed by atoms with van der Waals surface area (Å²) in [5, 5.41) is 0. The number of benzene rings is 2. The van der Waals surface area contributed by atoms with Gasteiger partial charge >= 0.3 is 0 Å². The van der Waals surface area contributed by atoms with Crippen LogP contribution in [0.25, 0.3) is 11.3 Å². The molecule has 0 atom stereocenters. The molecule has 1 fully saturated rings. The van der Waals surface area contributed by atoms with E-state index in [-0.39, 0.29) is 5.82 Å². The summed E-state index contributed by atoms with van der Waals surface area (Å²) in [6.45, 7) is 5.95. The third-order valence-corrected chi connectivity index (χ3v) is 5.93. The molecule has 5 heteroatoms. The molecular weight excluding hydrogens is 389 g/mol. The van der Waals surface area contributed by atoms with Crippen molar-refractivity contribution in [2.45, 2.75) is 38.5 Å². The Morgan fingerprint density at radius 1 is 0.968 bits per heavy atom. The van der Waals surface area contributed by atoms with E-state index in [2.05, 4.69) is 45.2 Å². The van der Waals surface area contributed by atoms with Crippen LogP contribution in [0.15, 0.2) is 60.7 Å². The molecule has 162 valence electrons. The lowest BCUT2D eigenvalue weighted by atomic mass is 9.89. The molecule has 2 aromatic carbocycles. The van der Waals surface area contributed by atoms with Gasteiger partial charge in [0.25, 0.3) is 0 Å². The molecular formula is C26H30FN3O. The number of halogens is 1. The van der Waals surface area contributed by atoms with Crippen LogP contribution >= 0.6 is 0 Å². The second-order valence-corrected chi connectivity index (χ2v) is 8.23. The van der Waals surface area contributed by atoms with E-state index in [4.69, 9.17) is 4.74 Å². The van der Waals surface area contributed by atoms with Gasteiger partial charge in [0.2, 0.25) is 5.88 Å². The molecule has 1 aromatic heterocycles. The summed E-state index contributed by atoms with van der Waals surface area (Å²) in [5.74, 6) is 1.68. The number of nitrogens with zero attached hydrogens (tertiary/aromatic N) is 3. The molecule has 4 rings (SSSR count). The van der Waals surface area contributed by atoms with Crippen LogP contribution in [-0.4, -0.2) is 41.1 Å². The first-order valence-corrected chi connectivity index (χ1v) is 11.2. The number of aryl methyl sites for hydroxylation is 1. The maximum atomic E-state index is 13.2. The molecule has 1 aliphatic heterocycles. The van der Waals surface area contributed by atoms with Crippen LogP contribution in [0.4, 0.5) is 4.39 Å². The first-order valence-electron chi connectivity index (χ1n) is 11.2. The summed E-state index contributed by atoms with van der Waals surface area (Å²) >= 11 is 0. The molecule has 0 unspecified atom stereocenters. The fraction of sp³-hybridized carbons (Fsp3) is 0.385. The molecule has 0 aliphatic carbocycles. The summed E-state index contributed by atoms with van der Waals surface area (Å²) in [6, 6.07) is 19.0. The summed E-state index contributed by atoms with van der Waals surface area (Å²) < 4.78 is 19.1. The predicted molar refractivity (Wildman–Crippen MR) is 122 cm³/mol. The second-order valence-electron chi connectivity index (χ2n) is 8.23. The standard InChI is InChI=1S/C26H30FN3O/c1-20-28-25(23-9-11-24(27)12-10-23)19-26(29-20)31-18-6-5-15-30-16-13-22(14-17-30)21-7-3-2-4-8-21/h2-4,7-12,19,22H,5-6,13-18H2,1H3. The van der Waals surface area contributed by atoms with Crippen LogP contribution in [0.2, 0.25) is 0 Å². The van der Waals surface area contributed by atoms with Crippen LogP contribution in [0.1, 0.15) is 43.0 Å². The van der Waals surface area contributed by atoms with Crippen LogP contribution < -0.4 is 4.74 Å². The maximum absolute atomic E-state index is 13.2. The van der Waals surface area contributed by atoms with Gasteiger partial charge in [0.15, 0.2) is 0 Å². The van der Waals surface area contributed by atoms with Crippen molar-refractivity contribution in [1.29, 1.82) is 0 Å². The minimum Gasteiger partial charge on any atom is -0.478 e. The highest BCUT2D eigenvalue weighted by Gasteiger charge is 2.19. The Morgan fingerprint density at radius 3 is 2.45 bits per heavy atom. The number of aromatic nitrogens is 2. The summed E-state index contributed by atoms with van der Waals surface area (Å²) in [7, 11) is 0. The van der Waals surface area contributed by atoms with E-state index in [0.29, 0.717) is 24.2 Å². The van der Waals surface area contributed by atoms with E-state index in [9.17, 15) is 4.39 Å². The SMILES string of the molecule is Cc1nc(OCCCCN2CCC(c3ccccc3)CC2)cc(-c2ccc(F)cc2)n1. The molecule has 4 nitrogen and oxygen atoms in total. The van der Waals surface area contributed by atoms with Crippen molar-refractivity contribution < 1.29 is 9.13 Å². The number of rotatable bonds is 8. The minimum absolute atomic E-state index is 0.254. The summed E-state index contributed by atoms with van der Waals surface area (Å²) in [5.41, 5.74) is 3.09. The molecule has 0 radical (unpaired) electrons. The topological polar surface area (TPSA) is 38.2 Å². The monoisotopic (exact) mass is 419 g/mol. The highest BCUT2D eigenvalue weighted by atomic mass is 19.1. The van der Waals surface area contributed by atoms with Crippen molar-refractivity contribution in [3.8, 4) is 17.1 Å². The summed E-state index contributed by atoms with van der Waals surface area (Å²) in [4.78, 5) is 11.4. The third-order valence-electron chi connectivity index (χ3n) is 5.93. The van der Waals surface area contributed by atoms with Crippen molar-refractivity contribution in [3.05, 3.63) is 77.9 Å². The Morgan fingerprint density at radius 2 is 1.71 bits per heavy atom. The van der Waals surface area contributed by atoms with E-state index in [1.807, 2.05) is 13.0 Å². The number of hydrogen-bond donors (Lipinski definition) is 0. The van der Waals surface area contributed by atoms with Crippen molar-refractivity contribution in [1.82, 2.24) is 14.9 Å². The average Bonchev–Trinajstić information content (AvgIpc) is 2.80. The number of unbranched alkanes of at least 4 members (excludes halogenated alkanes) is 1. The largest absolute Gasteiger partial charge is 0.478 e. The van der Waals surface area contributed by atoms with Gasteiger partial charge in [-0.1, -0.05) is 30.3 Å². The molecule has 0 amide bonds. The van der Waals surface area contributed by atoms with E-state index < -0.39 is 0 Å². The molecule has 0 bridgehead atoms. The van der Waals surface area contributed by atoms with Crippen molar-refractivity contribution in [2.24, 2.45) is 0 Å². The Balaban J connectivity index is 1.19. The number of piperidine rings is 1. The average molecular weight is 420 g/mol. The quantitative estimate of drug-likeness (QED) is 0.444. The number of ether oxygens (including phenoxy) is 1. The first kappa shape index (κ1) is 21.4. The van der Waals surface area contributed by atoms with Gasteiger partial charge in [0.05, 0.1) is 12.3 Å². The van der Waals surface area contributed by atoms with Crippen LogP contribution in [0, 0.1) is 12.7 Å². The van der Waals surface area contributed by atoms with Gasteiger partial charge in [0, 0.05) is 11.6 Å². The third kappa shape index (κ3) is 6.11. The minimum atomic E-state index is -0.254. The van der Waals surface area contributed by atoms with Gasteiger partial charge in [-0.25, -0.2) is 9.37 Å². The highest BCUT2D eigenvalue weighted by molar-refractivity contribution is 5.59. The molecule has 1 aliphatic rings. The van der Waals surface area contributed by atoms with E-state index >= 15 is 0 Å². The Bertz CT molecular complexity index is 954. The van der Waals surface area contributed by atoms with Gasteiger partial charge < -0.3 is 9.64 Å². The molecule has 0 N–H and O–H groups in total.